The van der Waals surface area contributed by atoms with Gasteiger partial charge in [-0.1, -0.05) is 12.1 Å². The molecule has 3 aromatic rings. The number of rotatable bonds is 5. The van der Waals surface area contributed by atoms with E-state index in [4.69, 9.17) is 10.2 Å². The summed E-state index contributed by atoms with van der Waals surface area (Å²) in [5, 5.41) is 0. The number of nitrogens with zero attached hydrogens (tertiary/aromatic N) is 1. The number of carbonyl (C=O) groups is 2. The number of alkyl halides is 6. The van der Waals surface area contributed by atoms with Gasteiger partial charge in [-0.3, -0.25) is 14.5 Å². The predicted octanol–water partition coefficient (Wildman–Crippen LogP) is 5.55. The third kappa shape index (κ3) is 5.43. The van der Waals surface area contributed by atoms with E-state index in [1.54, 1.807) is 0 Å². The van der Waals surface area contributed by atoms with Gasteiger partial charge >= 0.3 is 12.4 Å². The third-order valence-corrected chi connectivity index (χ3v) is 4.39. The van der Waals surface area contributed by atoms with E-state index in [0.29, 0.717) is 17.0 Å². The van der Waals surface area contributed by atoms with Gasteiger partial charge in [0.05, 0.1) is 17.4 Å². The smallest absolute Gasteiger partial charge is 0.416 e. The largest absolute Gasteiger partial charge is 0.465 e. The Morgan fingerprint density at radius 2 is 1.33 bits per heavy atom. The third-order valence-electron chi connectivity index (χ3n) is 4.39. The van der Waals surface area contributed by atoms with Crippen LogP contribution in [0.5, 0.6) is 0 Å². The molecule has 0 aliphatic rings. The van der Waals surface area contributed by atoms with Crippen LogP contribution in [0.3, 0.4) is 0 Å². The molecule has 33 heavy (non-hydrogen) atoms. The first-order chi connectivity index (χ1) is 15.4. The van der Waals surface area contributed by atoms with Crippen LogP contribution >= 0.6 is 0 Å². The second-order valence-electron chi connectivity index (χ2n) is 6.67. The van der Waals surface area contributed by atoms with Crippen molar-refractivity contribution in [3.05, 3.63) is 89.4 Å². The molecule has 3 rings (SSSR count). The quantitative estimate of drug-likeness (QED) is 0.231. The highest BCUT2D eigenvalue weighted by Crippen LogP contribution is 2.37. The zero-order chi connectivity index (χ0) is 24.4. The summed E-state index contributed by atoms with van der Waals surface area (Å²) < 4.78 is 84.5. The minimum Gasteiger partial charge on any atom is -0.465 e. The summed E-state index contributed by atoms with van der Waals surface area (Å²) in [5.74, 6) is -2.50. The summed E-state index contributed by atoms with van der Waals surface area (Å²) in [6.45, 7) is 0. The Labute approximate surface area is 182 Å². The minimum atomic E-state index is -4.80. The second-order valence-corrected chi connectivity index (χ2v) is 6.67. The van der Waals surface area contributed by atoms with Crippen LogP contribution in [0.15, 0.2) is 76.9 Å². The van der Waals surface area contributed by atoms with Crippen molar-refractivity contribution in [2.45, 2.75) is 12.4 Å². The van der Waals surface area contributed by atoms with Crippen molar-refractivity contribution < 1.29 is 40.3 Å². The van der Waals surface area contributed by atoms with Crippen molar-refractivity contribution in [1.82, 2.24) is 0 Å². The van der Waals surface area contributed by atoms with Gasteiger partial charge in [-0.05, 0) is 54.6 Å². The fraction of sp³-hybridized carbons (Fsp3) is 0.0909. The normalized spacial score (nSPS) is 12.5. The molecule has 2 aromatic carbocycles. The lowest BCUT2D eigenvalue weighted by atomic mass is 10.1. The fourth-order valence-electron chi connectivity index (χ4n) is 2.90. The Morgan fingerprint density at radius 3 is 1.73 bits per heavy atom. The van der Waals surface area contributed by atoms with Gasteiger partial charge in [0.25, 0.3) is 11.8 Å². The maximum Gasteiger partial charge on any atom is 0.416 e. The van der Waals surface area contributed by atoms with E-state index in [1.165, 1.54) is 18.4 Å². The first kappa shape index (κ1) is 23.6. The van der Waals surface area contributed by atoms with Crippen LogP contribution in [0.2, 0.25) is 0 Å². The number of nitrogens with two attached hydrogens (primary N) is 1. The molecule has 0 spiro atoms. The van der Waals surface area contributed by atoms with Crippen LogP contribution in [0.1, 0.15) is 16.9 Å². The summed E-state index contributed by atoms with van der Waals surface area (Å²) in [7, 11) is 0. The summed E-state index contributed by atoms with van der Waals surface area (Å²) in [4.78, 5) is 25.8. The zero-order valence-corrected chi connectivity index (χ0v) is 16.4. The molecule has 1 aromatic heterocycles. The van der Waals surface area contributed by atoms with Crippen molar-refractivity contribution >= 4 is 29.3 Å². The highest BCUT2D eigenvalue weighted by Gasteiger charge is 2.34. The van der Waals surface area contributed by atoms with E-state index >= 15 is 0 Å². The van der Waals surface area contributed by atoms with E-state index in [-0.39, 0.29) is 5.76 Å². The summed E-state index contributed by atoms with van der Waals surface area (Å²) in [6, 6.07) is 9.53. The van der Waals surface area contributed by atoms with E-state index in [2.05, 4.69) is 0 Å². The van der Waals surface area contributed by atoms with E-state index in [0.717, 1.165) is 42.5 Å². The summed E-state index contributed by atoms with van der Waals surface area (Å²) >= 11 is 0. The standard InChI is InChI=1S/C22H14F6N2O3/c23-21(24,25)13-4-1-6-15(10-13)30(16-7-2-5-14(11-16)22(26,27)28)20(32)18(19(29)31)12-17-8-3-9-33-17/h1-12H,(H2,29,31)/b18-12+. The van der Waals surface area contributed by atoms with Gasteiger partial charge in [0.1, 0.15) is 11.3 Å². The number of amides is 2. The van der Waals surface area contributed by atoms with Crippen LogP contribution in [-0.2, 0) is 21.9 Å². The summed E-state index contributed by atoms with van der Waals surface area (Å²) in [6.07, 6.45) is -7.42. The lowest BCUT2D eigenvalue weighted by Crippen LogP contribution is -2.33. The van der Waals surface area contributed by atoms with Crippen molar-refractivity contribution in [2.75, 3.05) is 4.90 Å². The SMILES string of the molecule is NC(=O)/C(=C\c1ccco1)C(=O)N(c1cccc(C(F)(F)F)c1)c1cccc(C(F)(F)F)c1. The van der Waals surface area contributed by atoms with Crippen molar-refractivity contribution in [1.29, 1.82) is 0 Å². The van der Waals surface area contributed by atoms with Crippen molar-refractivity contribution in [3.8, 4) is 0 Å². The van der Waals surface area contributed by atoms with Crippen LogP contribution in [0.4, 0.5) is 37.7 Å². The number of carbonyl (C=O) groups excluding carboxylic acids is 2. The predicted molar refractivity (Wildman–Crippen MR) is 106 cm³/mol. The molecule has 0 bridgehead atoms. The number of furan rings is 1. The molecule has 2 N–H and O–H groups in total. The Kier molecular flexibility index (Phi) is 6.34. The molecule has 0 unspecified atom stereocenters. The number of anilines is 2. The van der Waals surface area contributed by atoms with E-state index in [9.17, 15) is 35.9 Å². The molecule has 5 nitrogen and oxygen atoms in total. The van der Waals surface area contributed by atoms with Crippen LogP contribution in [0, 0.1) is 0 Å². The van der Waals surface area contributed by atoms with Gasteiger partial charge in [-0.15, -0.1) is 0 Å². The van der Waals surface area contributed by atoms with Crippen LogP contribution in [-0.4, -0.2) is 11.8 Å². The Morgan fingerprint density at radius 1 is 0.818 bits per heavy atom. The number of hydrogen-bond donors (Lipinski definition) is 1. The summed E-state index contributed by atoms with van der Waals surface area (Å²) in [5.41, 5.74) is 1.40. The molecule has 0 radical (unpaired) electrons. The zero-order valence-electron chi connectivity index (χ0n) is 16.4. The molecule has 0 aliphatic carbocycles. The Balaban J connectivity index is 2.22. The lowest BCUT2D eigenvalue weighted by molar-refractivity contribution is -0.138. The van der Waals surface area contributed by atoms with Gasteiger partial charge in [0.15, 0.2) is 0 Å². The highest BCUT2D eigenvalue weighted by atomic mass is 19.4. The lowest BCUT2D eigenvalue weighted by Gasteiger charge is -2.25. The number of benzene rings is 2. The highest BCUT2D eigenvalue weighted by molar-refractivity contribution is 6.27. The number of hydrogen-bond acceptors (Lipinski definition) is 3. The van der Waals surface area contributed by atoms with E-state index < -0.39 is 52.2 Å². The average Bonchev–Trinajstić information content (AvgIpc) is 3.24. The number of halogens is 6. The molecule has 11 heteroatoms. The van der Waals surface area contributed by atoms with Crippen LogP contribution < -0.4 is 10.6 Å². The fourth-order valence-corrected chi connectivity index (χ4v) is 2.90. The molecule has 1 heterocycles. The van der Waals surface area contributed by atoms with Gasteiger partial charge < -0.3 is 10.2 Å². The molecule has 2 amide bonds. The van der Waals surface area contributed by atoms with Crippen molar-refractivity contribution in [2.24, 2.45) is 5.73 Å². The first-order valence-electron chi connectivity index (χ1n) is 9.12. The average molecular weight is 468 g/mol. The Hall–Kier alpha value is -4.02. The molecular formula is C22H14F6N2O3. The molecule has 0 aliphatic heterocycles. The molecule has 172 valence electrons. The van der Waals surface area contributed by atoms with Gasteiger partial charge in [0, 0.05) is 11.4 Å². The molecule has 0 saturated heterocycles. The van der Waals surface area contributed by atoms with Gasteiger partial charge in [0.2, 0.25) is 0 Å². The van der Waals surface area contributed by atoms with Gasteiger partial charge in [-0.25, -0.2) is 0 Å². The maximum absolute atomic E-state index is 13.3. The molecule has 0 fully saturated rings. The van der Waals surface area contributed by atoms with Gasteiger partial charge in [-0.2, -0.15) is 26.3 Å². The molecule has 0 saturated carbocycles. The first-order valence-corrected chi connectivity index (χ1v) is 9.12. The monoisotopic (exact) mass is 468 g/mol. The minimum absolute atomic E-state index is 0.0187. The van der Waals surface area contributed by atoms with Crippen molar-refractivity contribution in [3.63, 3.8) is 0 Å². The molecule has 0 atom stereocenters. The number of primary amides is 1. The Bertz CT molecular complexity index is 1140. The molecular weight excluding hydrogens is 454 g/mol. The topological polar surface area (TPSA) is 76.5 Å². The second kappa shape index (κ2) is 8.85. The van der Waals surface area contributed by atoms with Crippen LogP contribution in [0.25, 0.3) is 6.08 Å². The van der Waals surface area contributed by atoms with E-state index in [1.807, 2.05) is 0 Å². The maximum atomic E-state index is 13.3.